The van der Waals surface area contributed by atoms with Crippen molar-refractivity contribution in [2.45, 2.75) is 19.4 Å². The Kier molecular flexibility index (Phi) is 5.37. The van der Waals surface area contributed by atoms with Crippen LogP contribution in [0.25, 0.3) is 0 Å². The molecule has 86 valence electrons. The van der Waals surface area contributed by atoms with Gasteiger partial charge in [-0.3, -0.25) is 0 Å². The largest absolute Gasteiger partial charge is 0.496 e. The first-order valence-corrected chi connectivity index (χ1v) is 6.02. The number of rotatable bonds is 5. The van der Waals surface area contributed by atoms with E-state index in [4.69, 9.17) is 11.2 Å². The summed E-state index contributed by atoms with van der Waals surface area (Å²) in [4.78, 5) is 0. The maximum atomic E-state index is 5.38. The molecule has 1 unspecified atom stereocenters. The van der Waals surface area contributed by atoms with Gasteiger partial charge in [-0.15, -0.1) is 12.3 Å². The Hall–Kier alpha value is -0.980. The smallest absolute Gasteiger partial charge is 0.124 e. The molecular formula is C13H16BrNO. The van der Waals surface area contributed by atoms with Gasteiger partial charge in [-0.2, -0.15) is 0 Å². The molecule has 1 aromatic rings. The van der Waals surface area contributed by atoms with Gasteiger partial charge in [0.25, 0.3) is 0 Å². The highest BCUT2D eigenvalue weighted by Gasteiger charge is 2.14. The number of hydrogen-bond acceptors (Lipinski definition) is 2. The van der Waals surface area contributed by atoms with Gasteiger partial charge >= 0.3 is 0 Å². The Morgan fingerprint density at radius 2 is 2.31 bits per heavy atom. The minimum absolute atomic E-state index is 0.151. The molecule has 3 heteroatoms. The highest BCUT2D eigenvalue weighted by atomic mass is 79.9. The molecule has 0 heterocycles. The molecule has 0 fully saturated rings. The van der Waals surface area contributed by atoms with Crippen LogP contribution in [0.15, 0.2) is 22.7 Å². The van der Waals surface area contributed by atoms with Crippen LogP contribution in [0.4, 0.5) is 0 Å². The standard InChI is InChI=1S/C13H16BrNO/c1-4-6-12(15-5-2)11-8-7-10(14)9-13(11)16-3/h1,7-9,12,15H,5-6H2,2-3H3. The van der Waals surface area contributed by atoms with Crippen molar-refractivity contribution in [1.29, 1.82) is 0 Å². The van der Waals surface area contributed by atoms with E-state index in [1.54, 1.807) is 7.11 Å². The van der Waals surface area contributed by atoms with E-state index in [9.17, 15) is 0 Å². The number of hydrogen-bond donors (Lipinski definition) is 1. The normalized spacial score (nSPS) is 11.9. The highest BCUT2D eigenvalue weighted by Crippen LogP contribution is 2.29. The Morgan fingerprint density at radius 3 is 2.88 bits per heavy atom. The summed E-state index contributed by atoms with van der Waals surface area (Å²) in [5.41, 5.74) is 1.10. The van der Waals surface area contributed by atoms with Crippen LogP contribution in [-0.4, -0.2) is 13.7 Å². The van der Waals surface area contributed by atoms with Crippen LogP contribution in [0.5, 0.6) is 5.75 Å². The van der Waals surface area contributed by atoms with Gasteiger partial charge in [-0.25, -0.2) is 0 Å². The molecule has 0 saturated carbocycles. The second-order valence-electron chi connectivity index (χ2n) is 3.40. The van der Waals surface area contributed by atoms with E-state index in [2.05, 4.69) is 34.1 Å². The molecule has 0 saturated heterocycles. The van der Waals surface area contributed by atoms with Gasteiger partial charge in [0.2, 0.25) is 0 Å². The van der Waals surface area contributed by atoms with E-state index in [1.807, 2.05) is 18.2 Å². The molecule has 16 heavy (non-hydrogen) atoms. The van der Waals surface area contributed by atoms with Crippen LogP contribution < -0.4 is 10.1 Å². The third kappa shape index (κ3) is 3.26. The first kappa shape index (κ1) is 13.1. The molecule has 1 rings (SSSR count). The number of benzene rings is 1. The first-order valence-electron chi connectivity index (χ1n) is 5.23. The molecule has 0 bridgehead atoms. The number of methoxy groups -OCH3 is 1. The van der Waals surface area contributed by atoms with E-state index < -0.39 is 0 Å². The van der Waals surface area contributed by atoms with Crippen molar-refractivity contribution < 1.29 is 4.74 Å². The SMILES string of the molecule is C#CCC(NCC)c1ccc(Br)cc1OC. The van der Waals surface area contributed by atoms with Crippen molar-refractivity contribution in [3.8, 4) is 18.1 Å². The number of terminal acetylenes is 1. The monoisotopic (exact) mass is 281 g/mol. The van der Waals surface area contributed by atoms with E-state index in [1.165, 1.54) is 0 Å². The van der Waals surface area contributed by atoms with Gasteiger partial charge in [-0.1, -0.05) is 28.9 Å². The Balaban J connectivity index is 3.03. The molecule has 1 atom stereocenters. The molecule has 0 aliphatic carbocycles. The maximum Gasteiger partial charge on any atom is 0.124 e. The van der Waals surface area contributed by atoms with Crippen LogP contribution in [-0.2, 0) is 0 Å². The van der Waals surface area contributed by atoms with Gasteiger partial charge in [0.05, 0.1) is 7.11 Å². The summed E-state index contributed by atoms with van der Waals surface area (Å²) in [6.07, 6.45) is 6.04. The lowest BCUT2D eigenvalue weighted by Gasteiger charge is -2.18. The highest BCUT2D eigenvalue weighted by molar-refractivity contribution is 9.10. The van der Waals surface area contributed by atoms with Crippen LogP contribution in [0.1, 0.15) is 24.9 Å². The van der Waals surface area contributed by atoms with Crippen molar-refractivity contribution in [2.24, 2.45) is 0 Å². The topological polar surface area (TPSA) is 21.3 Å². The molecule has 0 aromatic heterocycles. The Labute approximate surface area is 106 Å². The van der Waals surface area contributed by atoms with Gasteiger partial charge in [0.15, 0.2) is 0 Å². The van der Waals surface area contributed by atoms with Crippen molar-refractivity contribution in [2.75, 3.05) is 13.7 Å². The van der Waals surface area contributed by atoms with Gasteiger partial charge in [0, 0.05) is 22.5 Å². The van der Waals surface area contributed by atoms with Gasteiger partial charge in [-0.05, 0) is 18.7 Å². The number of halogens is 1. The van der Waals surface area contributed by atoms with Crippen LogP contribution in [0.2, 0.25) is 0 Å². The fourth-order valence-electron chi connectivity index (χ4n) is 1.63. The molecule has 0 spiro atoms. The lowest BCUT2D eigenvalue weighted by Crippen LogP contribution is -2.21. The zero-order valence-corrected chi connectivity index (χ0v) is 11.2. The minimum Gasteiger partial charge on any atom is -0.496 e. The van der Waals surface area contributed by atoms with Crippen molar-refractivity contribution >= 4 is 15.9 Å². The number of ether oxygens (including phenoxy) is 1. The first-order chi connectivity index (χ1) is 7.72. The molecule has 0 amide bonds. The average Bonchev–Trinajstić information content (AvgIpc) is 2.28. The third-order valence-corrected chi connectivity index (χ3v) is 2.84. The lowest BCUT2D eigenvalue weighted by molar-refractivity contribution is 0.400. The summed E-state index contributed by atoms with van der Waals surface area (Å²) in [5.74, 6) is 3.54. The Bertz CT molecular complexity index is 384. The predicted octanol–water partition coefficient (Wildman–Crippen LogP) is 3.13. The predicted molar refractivity (Wildman–Crippen MR) is 70.6 cm³/mol. The molecule has 0 aliphatic heterocycles. The van der Waals surface area contributed by atoms with Gasteiger partial charge in [0.1, 0.15) is 5.75 Å². The summed E-state index contributed by atoms with van der Waals surface area (Å²) in [6, 6.07) is 6.14. The Morgan fingerprint density at radius 1 is 1.56 bits per heavy atom. The van der Waals surface area contributed by atoms with E-state index in [0.29, 0.717) is 6.42 Å². The quantitative estimate of drug-likeness (QED) is 0.838. The molecule has 0 aliphatic rings. The second-order valence-corrected chi connectivity index (χ2v) is 4.32. The molecular weight excluding hydrogens is 266 g/mol. The molecule has 0 radical (unpaired) electrons. The number of nitrogens with one attached hydrogen (secondary N) is 1. The summed E-state index contributed by atoms with van der Waals surface area (Å²) >= 11 is 3.42. The summed E-state index contributed by atoms with van der Waals surface area (Å²) in [7, 11) is 1.67. The summed E-state index contributed by atoms with van der Waals surface area (Å²) in [6.45, 7) is 2.94. The maximum absolute atomic E-state index is 5.38. The molecule has 1 aromatic carbocycles. The fourth-order valence-corrected chi connectivity index (χ4v) is 1.97. The van der Waals surface area contributed by atoms with E-state index in [0.717, 1.165) is 22.3 Å². The van der Waals surface area contributed by atoms with Crippen LogP contribution in [0, 0.1) is 12.3 Å². The summed E-state index contributed by atoms with van der Waals surface area (Å²) in [5, 5.41) is 3.36. The van der Waals surface area contributed by atoms with Crippen LogP contribution >= 0.6 is 15.9 Å². The zero-order valence-electron chi connectivity index (χ0n) is 9.59. The third-order valence-electron chi connectivity index (χ3n) is 2.34. The van der Waals surface area contributed by atoms with Crippen LogP contribution in [0.3, 0.4) is 0 Å². The van der Waals surface area contributed by atoms with E-state index in [-0.39, 0.29) is 6.04 Å². The molecule has 1 N–H and O–H groups in total. The zero-order chi connectivity index (χ0) is 12.0. The second kappa shape index (κ2) is 6.57. The van der Waals surface area contributed by atoms with Crippen molar-refractivity contribution in [1.82, 2.24) is 5.32 Å². The van der Waals surface area contributed by atoms with Crippen molar-refractivity contribution in [3.63, 3.8) is 0 Å². The average molecular weight is 282 g/mol. The van der Waals surface area contributed by atoms with E-state index >= 15 is 0 Å². The lowest BCUT2D eigenvalue weighted by atomic mass is 10.0. The molecule has 2 nitrogen and oxygen atoms in total. The van der Waals surface area contributed by atoms with Crippen molar-refractivity contribution in [3.05, 3.63) is 28.2 Å². The minimum atomic E-state index is 0.151. The van der Waals surface area contributed by atoms with Gasteiger partial charge < -0.3 is 10.1 Å². The fraction of sp³-hybridized carbons (Fsp3) is 0.385. The summed E-state index contributed by atoms with van der Waals surface area (Å²) < 4.78 is 6.36.